The molecule has 2 aromatic rings. The number of aliphatic carboxylic acids is 1. The molecule has 110 valence electrons. The summed E-state index contributed by atoms with van der Waals surface area (Å²) in [6, 6.07) is 9.89. The number of carbonyl (C=O) groups is 2. The van der Waals surface area contributed by atoms with Gasteiger partial charge in [0.1, 0.15) is 0 Å². The van der Waals surface area contributed by atoms with Crippen molar-refractivity contribution in [1.29, 1.82) is 0 Å². The van der Waals surface area contributed by atoms with Crippen LogP contribution in [0, 0.1) is 5.92 Å². The van der Waals surface area contributed by atoms with Gasteiger partial charge >= 0.3 is 5.97 Å². The maximum Gasteiger partial charge on any atom is 0.308 e. The molecular weight excluding hydrogens is 286 g/mol. The Hall–Kier alpha value is -1.88. The molecule has 4 nitrogen and oxygen atoms in total. The zero-order chi connectivity index (χ0) is 15.0. The second kappa shape index (κ2) is 5.48. The van der Waals surface area contributed by atoms with Crippen LogP contribution in [0.5, 0.6) is 0 Å². The number of thiophene rings is 1. The molecule has 0 aliphatic carbocycles. The maximum atomic E-state index is 12.7. The summed E-state index contributed by atoms with van der Waals surface area (Å²) in [6.45, 7) is 2.30. The standard InChI is InChI=1S/C16H17NO3S/c1-10-6-7-12(16(19)20)9-17(10)15(18)14-8-11-4-2-3-5-13(11)21-14/h2-5,8,10,12H,6-7,9H2,1H3,(H,19,20). The van der Waals surface area contributed by atoms with Crippen LogP contribution in [0.3, 0.4) is 0 Å². The van der Waals surface area contributed by atoms with Crippen LogP contribution in [0.2, 0.25) is 0 Å². The van der Waals surface area contributed by atoms with Crippen molar-refractivity contribution in [1.82, 2.24) is 4.90 Å². The molecule has 5 heteroatoms. The molecule has 1 saturated heterocycles. The van der Waals surface area contributed by atoms with E-state index in [9.17, 15) is 14.7 Å². The number of nitrogens with zero attached hydrogens (tertiary/aromatic N) is 1. The van der Waals surface area contributed by atoms with Crippen LogP contribution >= 0.6 is 11.3 Å². The molecule has 0 radical (unpaired) electrons. The fourth-order valence-electron chi connectivity index (χ4n) is 2.82. The highest BCUT2D eigenvalue weighted by Crippen LogP contribution is 2.29. The van der Waals surface area contributed by atoms with Crippen LogP contribution in [0.1, 0.15) is 29.4 Å². The first kappa shape index (κ1) is 14.1. The van der Waals surface area contributed by atoms with Crippen molar-refractivity contribution in [2.75, 3.05) is 6.54 Å². The van der Waals surface area contributed by atoms with Gasteiger partial charge in [0.15, 0.2) is 0 Å². The van der Waals surface area contributed by atoms with Crippen LogP contribution in [-0.4, -0.2) is 34.5 Å². The minimum atomic E-state index is -0.809. The number of likely N-dealkylation sites (tertiary alicyclic amines) is 1. The Balaban J connectivity index is 1.87. The summed E-state index contributed by atoms with van der Waals surface area (Å²) in [5.74, 6) is -1.30. The summed E-state index contributed by atoms with van der Waals surface area (Å²) in [5.41, 5.74) is 0. The lowest BCUT2D eigenvalue weighted by Gasteiger charge is -2.36. The van der Waals surface area contributed by atoms with Gasteiger partial charge in [0.2, 0.25) is 0 Å². The summed E-state index contributed by atoms with van der Waals surface area (Å²) in [7, 11) is 0. The molecule has 0 bridgehead atoms. The van der Waals surface area contributed by atoms with E-state index in [0.717, 1.165) is 16.5 Å². The molecule has 1 amide bonds. The van der Waals surface area contributed by atoms with Crippen LogP contribution in [-0.2, 0) is 4.79 Å². The summed E-state index contributed by atoms with van der Waals surface area (Å²) < 4.78 is 1.08. The van der Waals surface area contributed by atoms with E-state index in [-0.39, 0.29) is 11.9 Å². The molecule has 3 rings (SSSR count). The van der Waals surface area contributed by atoms with Gasteiger partial charge in [-0.3, -0.25) is 9.59 Å². The number of hydrogen-bond acceptors (Lipinski definition) is 3. The van der Waals surface area contributed by atoms with E-state index < -0.39 is 11.9 Å². The van der Waals surface area contributed by atoms with Crippen molar-refractivity contribution in [3.63, 3.8) is 0 Å². The largest absolute Gasteiger partial charge is 0.481 e. The molecule has 1 fully saturated rings. The van der Waals surface area contributed by atoms with Crippen LogP contribution in [0.15, 0.2) is 30.3 Å². The monoisotopic (exact) mass is 303 g/mol. The third-order valence-electron chi connectivity index (χ3n) is 4.13. The Kier molecular flexibility index (Phi) is 3.68. The molecule has 2 heterocycles. The Labute approximate surface area is 127 Å². The van der Waals surface area contributed by atoms with Gasteiger partial charge in [-0.05, 0) is 37.3 Å². The summed E-state index contributed by atoms with van der Waals surface area (Å²) in [6.07, 6.45) is 1.39. The highest BCUT2D eigenvalue weighted by Gasteiger charge is 2.33. The van der Waals surface area contributed by atoms with Crippen molar-refractivity contribution in [2.24, 2.45) is 5.92 Å². The number of piperidine rings is 1. The lowest BCUT2D eigenvalue weighted by atomic mass is 9.93. The number of hydrogen-bond donors (Lipinski definition) is 1. The van der Waals surface area contributed by atoms with Crippen LogP contribution < -0.4 is 0 Å². The van der Waals surface area contributed by atoms with E-state index in [2.05, 4.69) is 0 Å². The lowest BCUT2D eigenvalue weighted by Crippen LogP contribution is -2.47. The van der Waals surface area contributed by atoms with E-state index in [1.54, 1.807) is 4.90 Å². The quantitative estimate of drug-likeness (QED) is 0.926. The molecule has 1 N–H and O–H groups in total. The lowest BCUT2D eigenvalue weighted by molar-refractivity contribution is -0.143. The molecular formula is C16H17NO3S. The van der Waals surface area contributed by atoms with E-state index in [0.29, 0.717) is 17.8 Å². The molecule has 2 unspecified atom stereocenters. The normalized spacial score (nSPS) is 22.4. The zero-order valence-electron chi connectivity index (χ0n) is 11.8. The molecule has 21 heavy (non-hydrogen) atoms. The third-order valence-corrected chi connectivity index (χ3v) is 5.23. The smallest absolute Gasteiger partial charge is 0.308 e. The van der Waals surface area contributed by atoms with Gasteiger partial charge in [-0.25, -0.2) is 0 Å². The highest BCUT2D eigenvalue weighted by molar-refractivity contribution is 7.20. The number of amides is 1. The Morgan fingerprint density at radius 2 is 2.05 bits per heavy atom. The van der Waals surface area contributed by atoms with Crippen LogP contribution in [0.4, 0.5) is 0 Å². The van der Waals surface area contributed by atoms with Crippen molar-refractivity contribution in [3.05, 3.63) is 35.2 Å². The third kappa shape index (κ3) is 2.65. The minimum Gasteiger partial charge on any atom is -0.481 e. The average Bonchev–Trinajstić information content (AvgIpc) is 2.90. The minimum absolute atomic E-state index is 0.0466. The van der Waals surface area contributed by atoms with Gasteiger partial charge in [0.05, 0.1) is 10.8 Å². The molecule has 0 spiro atoms. The van der Waals surface area contributed by atoms with Gasteiger partial charge in [-0.1, -0.05) is 18.2 Å². The highest BCUT2D eigenvalue weighted by atomic mass is 32.1. The Bertz CT molecular complexity index is 661. The Morgan fingerprint density at radius 3 is 2.76 bits per heavy atom. The van der Waals surface area contributed by atoms with E-state index in [1.807, 2.05) is 37.3 Å². The maximum absolute atomic E-state index is 12.7. The van der Waals surface area contributed by atoms with Crippen molar-refractivity contribution in [2.45, 2.75) is 25.8 Å². The van der Waals surface area contributed by atoms with Crippen molar-refractivity contribution < 1.29 is 14.7 Å². The predicted octanol–water partition coefficient (Wildman–Crippen LogP) is 3.23. The second-order valence-corrected chi connectivity index (χ2v) is 6.65. The predicted molar refractivity (Wildman–Crippen MR) is 82.7 cm³/mol. The molecule has 1 aliphatic rings. The first-order chi connectivity index (χ1) is 10.1. The van der Waals surface area contributed by atoms with E-state index in [1.165, 1.54) is 11.3 Å². The van der Waals surface area contributed by atoms with E-state index in [4.69, 9.17) is 0 Å². The summed E-state index contributed by atoms with van der Waals surface area (Å²) in [5, 5.41) is 10.2. The summed E-state index contributed by atoms with van der Waals surface area (Å²) >= 11 is 1.47. The van der Waals surface area contributed by atoms with Gasteiger partial charge in [0.25, 0.3) is 5.91 Å². The number of benzene rings is 1. The fourth-order valence-corrected chi connectivity index (χ4v) is 3.84. The molecule has 2 atom stereocenters. The number of fused-ring (bicyclic) bond motifs is 1. The number of carboxylic acids is 1. The average molecular weight is 303 g/mol. The van der Waals surface area contributed by atoms with E-state index >= 15 is 0 Å². The fraction of sp³-hybridized carbons (Fsp3) is 0.375. The topological polar surface area (TPSA) is 57.6 Å². The second-order valence-electron chi connectivity index (χ2n) is 5.57. The van der Waals surface area contributed by atoms with Crippen LogP contribution in [0.25, 0.3) is 10.1 Å². The first-order valence-corrected chi connectivity index (χ1v) is 7.90. The number of carboxylic acid groups (broad SMARTS) is 1. The van der Waals surface area contributed by atoms with Crippen molar-refractivity contribution in [3.8, 4) is 0 Å². The van der Waals surface area contributed by atoms with Gasteiger partial charge in [0, 0.05) is 17.3 Å². The summed E-state index contributed by atoms with van der Waals surface area (Å²) in [4.78, 5) is 26.3. The van der Waals surface area contributed by atoms with Gasteiger partial charge in [-0.15, -0.1) is 11.3 Å². The number of rotatable bonds is 2. The van der Waals surface area contributed by atoms with Gasteiger partial charge < -0.3 is 10.0 Å². The number of carbonyl (C=O) groups excluding carboxylic acids is 1. The molecule has 1 aliphatic heterocycles. The molecule has 1 aromatic carbocycles. The molecule has 1 aromatic heterocycles. The van der Waals surface area contributed by atoms with Crippen molar-refractivity contribution >= 4 is 33.3 Å². The Morgan fingerprint density at radius 1 is 1.29 bits per heavy atom. The SMILES string of the molecule is CC1CCC(C(=O)O)CN1C(=O)c1cc2ccccc2s1. The zero-order valence-corrected chi connectivity index (χ0v) is 12.6. The molecule has 0 saturated carbocycles. The van der Waals surface area contributed by atoms with Gasteiger partial charge in [-0.2, -0.15) is 0 Å². The first-order valence-electron chi connectivity index (χ1n) is 7.08.